The van der Waals surface area contributed by atoms with Crippen molar-refractivity contribution in [1.82, 2.24) is 20.0 Å². The zero-order valence-electron chi connectivity index (χ0n) is 17.6. The lowest BCUT2D eigenvalue weighted by Gasteiger charge is -2.22. The third kappa shape index (κ3) is 4.34. The first-order chi connectivity index (χ1) is 15.2. The average Bonchev–Trinajstić information content (AvgIpc) is 3.37. The molecule has 1 N–H and O–H groups in total. The van der Waals surface area contributed by atoms with Gasteiger partial charge in [-0.25, -0.2) is 4.98 Å². The summed E-state index contributed by atoms with van der Waals surface area (Å²) >= 11 is 1.67. The van der Waals surface area contributed by atoms with Gasteiger partial charge in [-0.2, -0.15) is 0 Å². The highest BCUT2D eigenvalue weighted by Gasteiger charge is 2.25. The van der Waals surface area contributed by atoms with E-state index in [-0.39, 0.29) is 5.56 Å². The maximum absolute atomic E-state index is 13.2. The summed E-state index contributed by atoms with van der Waals surface area (Å²) in [5.74, 6) is 0.861. The molecule has 0 unspecified atom stereocenters. The molecule has 0 bridgehead atoms. The van der Waals surface area contributed by atoms with E-state index in [2.05, 4.69) is 39.7 Å². The highest BCUT2D eigenvalue weighted by molar-refractivity contribution is 7.18. The van der Waals surface area contributed by atoms with Crippen LogP contribution in [0.1, 0.15) is 40.3 Å². The van der Waals surface area contributed by atoms with Crippen LogP contribution in [0.2, 0.25) is 0 Å². The topological polar surface area (TPSA) is 73.0 Å². The van der Waals surface area contributed by atoms with E-state index in [0.717, 1.165) is 53.8 Å². The fourth-order valence-corrected chi connectivity index (χ4v) is 5.64. The van der Waals surface area contributed by atoms with Crippen LogP contribution in [0.25, 0.3) is 10.2 Å². The Balaban J connectivity index is 1.28. The van der Waals surface area contributed by atoms with Gasteiger partial charge in [0.15, 0.2) is 5.76 Å². The van der Waals surface area contributed by atoms with E-state index in [4.69, 9.17) is 4.52 Å². The Kier molecular flexibility index (Phi) is 5.70. The SMILES string of the molecule is Cc1cc(CN[C@@H]2CCc3c(sc4ncn(CCCc5ccccc5)c(=O)c34)C2)on1. The summed E-state index contributed by atoms with van der Waals surface area (Å²) in [6.45, 7) is 3.30. The second-order valence-corrected chi connectivity index (χ2v) is 9.36. The van der Waals surface area contributed by atoms with Crippen LogP contribution in [0.4, 0.5) is 0 Å². The molecule has 1 aliphatic carbocycles. The minimum Gasteiger partial charge on any atom is -0.360 e. The van der Waals surface area contributed by atoms with Crippen LogP contribution < -0.4 is 10.9 Å². The highest BCUT2D eigenvalue weighted by atomic mass is 32.1. The predicted molar refractivity (Wildman–Crippen MR) is 123 cm³/mol. The molecule has 0 aliphatic heterocycles. The Morgan fingerprint density at radius 3 is 2.97 bits per heavy atom. The van der Waals surface area contributed by atoms with Gasteiger partial charge in [-0.1, -0.05) is 35.5 Å². The van der Waals surface area contributed by atoms with Crippen molar-refractivity contribution in [3.05, 3.63) is 80.5 Å². The molecule has 160 valence electrons. The van der Waals surface area contributed by atoms with Gasteiger partial charge in [0.25, 0.3) is 5.56 Å². The van der Waals surface area contributed by atoms with Crippen LogP contribution in [0.3, 0.4) is 0 Å². The molecule has 1 atom stereocenters. The van der Waals surface area contributed by atoms with E-state index in [1.165, 1.54) is 16.0 Å². The van der Waals surface area contributed by atoms with Crippen molar-refractivity contribution >= 4 is 21.6 Å². The van der Waals surface area contributed by atoms with Gasteiger partial charge in [-0.05, 0) is 50.2 Å². The van der Waals surface area contributed by atoms with Crippen molar-refractivity contribution in [3.63, 3.8) is 0 Å². The second kappa shape index (κ2) is 8.77. The van der Waals surface area contributed by atoms with E-state index in [0.29, 0.717) is 19.1 Å². The lowest BCUT2D eigenvalue weighted by atomic mass is 9.93. The standard InChI is InChI=1S/C24H26N4O2S/c1-16-12-19(30-27-16)14-25-18-9-10-20-21(13-18)31-23-22(20)24(29)28(15-26-23)11-5-8-17-6-3-2-4-7-17/h2-4,6-7,12,15,18,25H,5,8-11,13-14H2,1H3/t18-/m1/s1. The molecule has 0 radical (unpaired) electrons. The largest absolute Gasteiger partial charge is 0.360 e. The first-order valence-corrected chi connectivity index (χ1v) is 11.7. The van der Waals surface area contributed by atoms with Gasteiger partial charge >= 0.3 is 0 Å². The zero-order valence-corrected chi connectivity index (χ0v) is 18.5. The van der Waals surface area contributed by atoms with Crippen LogP contribution in [0.15, 0.2) is 52.0 Å². The van der Waals surface area contributed by atoms with Crippen molar-refractivity contribution in [3.8, 4) is 0 Å². The van der Waals surface area contributed by atoms with E-state index >= 15 is 0 Å². The molecule has 6 nitrogen and oxygen atoms in total. The molecule has 0 fully saturated rings. The zero-order chi connectivity index (χ0) is 21.2. The molecule has 31 heavy (non-hydrogen) atoms. The minimum atomic E-state index is 0.110. The third-order valence-electron chi connectivity index (χ3n) is 5.98. The quantitative estimate of drug-likeness (QED) is 0.475. The summed E-state index contributed by atoms with van der Waals surface area (Å²) in [5.41, 5.74) is 3.53. The predicted octanol–water partition coefficient (Wildman–Crippen LogP) is 4.03. The number of rotatable bonds is 7. The first-order valence-electron chi connectivity index (χ1n) is 10.9. The minimum absolute atomic E-state index is 0.110. The Morgan fingerprint density at radius 1 is 1.29 bits per heavy atom. The van der Waals surface area contributed by atoms with Gasteiger partial charge in [0.1, 0.15) is 4.83 Å². The molecule has 7 heteroatoms. The van der Waals surface area contributed by atoms with Gasteiger partial charge < -0.3 is 9.84 Å². The van der Waals surface area contributed by atoms with Crippen LogP contribution >= 0.6 is 11.3 Å². The van der Waals surface area contributed by atoms with E-state index in [1.54, 1.807) is 22.2 Å². The van der Waals surface area contributed by atoms with Gasteiger partial charge in [0.2, 0.25) is 0 Å². The fourth-order valence-electron chi connectivity index (χ4n) is 4.38. The Labute approximate surface area is 184 Å². The number of hydrogen-bond acceptors (Lipinski definition) is 6. The normalized spacial score (nSPS) is 16.0. The van der Waals surface area contributed by atoms with Crippen LogP contribution in [-0.4, -0.2) is 20.7 Å². The number of nitrogens with one attached hydrogen (secondary N) is 1. The summed E-state index contributed by atoms with van der Waals surface area (Å²) in [4.78, 5) is 20.0. The molecule has 4 aromatic rings. The van der Waals surface area contributed by atoms with Crippen molar-refractivity contribution in [2.24, 2.45) is 0 Å². The molecule has 3 heterocycles. The summed E-state index contributed by atoms with van der Waals surface area (Å²) in [5, 5.41) is 8.36. The van der Waals surface area contributed by atoms with E-state index in [1.807, 2.05) is 19.1 Å². The van der Waals surface area contributed by atoms with Gasteiger partial charge in [0.05, 0.1) is 24.0 Å². The molecular formula is C24H26N4O2S. The number of fused-ring (bicyclic) bond motifs is 3. The highest BCUT2D eigenvalue weighted by Crippen LogP contribution is 2.33. The van der Waals surface area contributed by atoms with Crippen LogP contribution in [-0.2, 0) is 32.4 Å². The number of thiophene rings is 1. The molecule has 1 aliphatic rings. The number of aryl methyl sites for hydroxylation is 4. The Bertz CT molecular complexity index is 1240. The maximum Gasteiger partial charge on any atom is 0.262 e. The third-order valence-corrected chi connectivity index (χ3v) is 7.15. The lowest BCUT2D eigenvalue weighted by Crippen LogP contribution is -2.33. The number of hydrogen-bond donors (Lipinski definition) is 1. The summed E-state index contributed by atoms with van der Waals surface area (Å²) in [6, 6.07) is 12.7. The lowest BCUT2D eigenvalue weighted by molar-refractivity contribution is 0.353. The van der Waals surface area contributed by atoms with Crippen molar-refractivity contribution in [2.45, 2.75) is 58.2 Å². The number of nitrogens with zero attached hydrogens (tertiary/aromatic N) is 3. The average molecular weight is 435 g/mol. The summed E-state index contributed by atoms with van der Waals surface area (Å²) in [6.07, 6.45) is 6.46. The van der Waals surface area contributed by atoms with Gasteiger partial charge in [-0.3, -0.25) is 9.36 Å². The van der Waals surface area contributed by atoms with E-state index < -0.39 is 0 Å². The molecule has 0 spiro atoms. The molecule has 0 saturated heterocycles. The number of aromatic nitrogens is 3. The smallest absolute Gasteiger partial charge is 0.262 e. The van der Waals surface area contributed by atoms with Crippen LogP contribution in [0, 0.1) is 6.92 Å². The second-order valence-electron chi connectivity index (χ2n) is 8.27. The summed E-state index contributed by atoms with van der Waals surface area (Å²) in [7, 11) is 0. The fraction of sp³-hybridized carbons (Fsp3) is 0.375. The van der Waals surface area contributed by atoms with Gasteiger partial charge in [-0.15, -0.1) is 11.3 Å². The van der Waals surface area contributed by atoms with Crippen molar-refractivity contribution in [1.29, 1.82) is 0 Å². The van der Waals surface area contributed by atoms with E-state index in [9.17, 15) is 4.79 Å². The molecule has 1 aromatic carbocycles. The molecule has 0 amide bonds. The maximum atomic E-state index is 13.2. The molecule has 0 saturated carbocycles. The Hall–Kier alpha value is -2.77. The molecular weight excluding hydrogens is 408 g/mol. The Morgan fingerprint density at radius 2 is 2.16 bits per heavy atom. The van der Waals surface area contributed by atoms with Crippen molar-refractivity contribution in [2.75, 3.05) is 0 Å². The summed E-state index contributed by atoms with van der Waals surface area (Å²) < 4.78 is 7.08. The number of benzene rings is 1. The van der Waals surface area contributed by atoms with Crippen LogP contribution in [0.5, 0.6) is 0 Å². The van der Waals surface area contributed by atoms with Gasteiger partial charge in [0, 0.05) is 23.5 Å². The monoisotopic (exact) mass is 434 g/mol. The molecule has 5 rings (SSSR count). The molecule has 3 aromatic heterocycles. The van der Waals surface area contributed by atoms with Crippen molar-refractivity contribution < 1.29 is 4.52 Å². The first kappa shape index (κ1) is 20.2.